The molecule has 0 heterocycles. The van der Waals surface area contributed by atoms with Crippen LogP contribution in [0, 0.1) is 19.7 Å². The maximum atomic E-state index is 13.2. The quantitative estimate of drug-likeness (QED) is 0.697. The van der Waals surface area contributed by atoms with Gasteiger partial charge < -0.3 is 15.0 Å². The van der Waals surface area contributed by atoms with Gasteiger partial charge in [0.15, 0.2) is 6.61 Å². The van der Waals surface area contributed by atoms with E-state index in [9.17, 15) is 14.0 Å². The summed E-state index contributed by atoms with van der Waals surface area (Å²) in [6.07, 6.45) is 0.806. The zero-order chi connectivity index (χ0) is 21.4. The number of halogens is 1. The maximum absolute atomic E-state index is 13.2. The topological polar surface area (TPSA) is 58.6 Å². The molecular weight excluding hydrogens is 371 g/mol. The smallest absolute Gasteiger partial charge is 0.261 e. The molecule has 0 unspecified atom stereocenters. The number of hydrogen-bond acceptors (Lipinski definition) is 3. The van der Waals surface area contributed by atoms with Gasteiger partial charge >= 0.3 is 0 Å². The number of carbonyl (C=O) groups excluding carboxylic acids is 2. The van der Waals surface area contributed by atoms with Gasteiger partial charge in [-0.3, -0.25) is 9.59 Å². The zero-order valence-electron chi connectivity index (χ0n) is 17.5. The molecule has 156 valence electrons. The van der Waals surface area contributed by atoms with Crippen LogP contribution in [-0.4, -0.2) is 35.9 Å². The summed E-state index contributed by atoms with van der Waals surface area (Å²) in [5.41, 5.74) is 2.79. The molecule has 0 saturated heterocycles. The van der Waals surface area contributed by atoms with Crippen molar-refractivity contribution in [2.24, 2.45) is 0 Å². The molecule has 1 N–H and O–H groups in total. The van der Waals surface area contributed by atoms with E-state index in [4.69, 9.17) is 4.74 Å². The minimum atomic E-state index is -0.679. The molecule has 2 aromatic rings. The molecule has 0 aliphatic heterocycles. The van der Waals surface area contributed by atoms with Crippen LogP contribution in [0.5, 0.6) is 5.75 Å². The molecule has 0 saturated carbocycles. The summed E-state index contributed by atoms with van der Waals surface area (Å²) in [7, 11) is 0. The number of amides is 2. The molecule has 0 fully saturated rings. The molecule has 0 bridgehead atoms. The van der Waals surface area contributed by atoms with Crippen LogP contribution >= 0.6 is 0 Å². The van der Waals surface area contributed by atoms with Crippen molar-refractivity contribution in [3.63, 3.8) is 0 Å². The lowest BCUT2D eigenvalue weighted by molar-refractivity contribution is -0.142. The van der Waals surface area contributed by atoms with E-state index in [0.717, 1.165) is 23.1 Å². The van der Waals surface area contributed by atoms with E-state index in [-0.39, 0.29) is 30.8 Å². The summed E-state index contributed by atoms with van der Waals surface area (Å²) in [5, 5.41) is 2.82. The Hall–Kier alpha value is -2.89. The van der Waals surface area contributed by atoms with Crippen LogP contribution in [0.3, 0.4) is 0 Å². The summed E-state index contributed by atoms with van der Waals surface area (Å²) in [4.78, 5) is 26.8. The number of nitrogens with zero attached hydrogens (tertiary/aromatic N) is 1. The highest BCUT2D eigenvalue weighted by molar-refractivity contribution is 5.87. The monoisotopic (exact) mass is 400 g/mol. The number of ether oxygens (including phenoxy) is 1. The zero-order valence-corrected chi connectivity index (χ0v) is 17.5. The molecule has 2 amide bonds. The van der Waals surface area contributed by atoms with Gasteiger partial charge in [-0.25, -0.2) is 4.39 Å². The average molecular weight is 400 g/mol. The second-order valence-electron chi connectivity index (χ2n) is 7.17. The Bertz CT molecular complexity index is 837. The van der Waals surface area contributed by atoms with Gasteiger partial charge in [0.2, 0.25) is 5.91 Å². The molecule has 2 aromatic carbocycles. The summed E-state index contributed by atoms with van der Waals surface area (Å²) in [5.74, 6) is -0.255. The molecule has 0 aromatic heterocycles. The molecule has 2 rings (SSSR count). The van der Waals surface area contributed by atoms with E-state index in [2.05, 4.69) is 5.32 Å². The first kappa shape index (κ1) is 22.4. The van der Waals surface area contributed by atoms with Gasteiger partial charge in [-0.1, -0.05) is 36.8 Å². The fourth-order valence-corrected chi connectivity index (χ4v) is 2.95. The van der Waals surface area contributed by atoms with Gasteiger partial charge in [0.05, 0.1) is 0 Å². The normalized spacial score (nSPS) is 11.6. The highest BCUT2D eigenvalue weighted by Crippen LogP contribution is 2.19. The molecular formula is C23H29FN2O3. The van der Waals surface area contributed by atoms with E-state index < -0.39 is 6.04 Å². The lowest BCUT2D eigenvalue weighted by Crippen LogP contribution is -2.49. The van der Waals surface area contributed by atoms with E-state index in [0.29, 0.717) is 12.3 Å². The third-order valence-corrected chi connectivity index (χ3v) is 4.66. The fraction of sp³-hybridized carbons (Fsp3) is 0.391. The Labute approximate surface area is 171 Å². The van der Waals surface area contributed by atoms with Crippen molar-refractivity contribution in [2.75, 3.05) is 13.2 Å². The van der Waals surface area contributed by atoms with Crippen molar-refractivity contribution < 1.29 is 18.7 Å². The molecule has 0 aliphatic rings. The highest BCUT2D eigenvalue weighted by Gasteiger charge is 2.26. The largest absolute Gasteiger partial charge is 0.483 e. The fourth-order valence-electron chi connectivity index (χ4n) is 2.95. The van der Waals surface area contributed by atoms with Crippen LogP contribution in [-0.2, 0) is 16.1 Å². The summed E-state index contributed by atoms with van der Waals surface area (Å²) >= 11 is 0. The van der Waals surface area contributed by atoms with Gasteiger partial charge in [-0.2, -0.15) is 0 Å². The Balaban J connectivity index is 2.14. The van der Waals surface area contributed by atoms with E-state index in [1.54, 1.807) is 19.1 Å². The van der Waals surface area contributed by atoms with Crippen LogP contribution in [0.15, 0.2) is 42.5 Å². The Kier molecular flexibility index (Phi) is 8.19. The molecule has 0 radical (unpaired) electrons. The number of aryl methyl sites for hydroxylation is 2. The van der Waals surface area contributed by atoms with Crippen molar-refractivity contribution in [3.8, 4) is 5.75 Å². The van der Waals surface area contributed by atoms with Crippen molar-refractivity contribution in [3.05, 3.63) is 65.0 Å². The SMILES string of the molecule is CCCNC(=O)[C@@H](C)N(Cc1ccc(F)cc1)C(=O)COc1ccc(C)cc1C. The van der Waals surface area contributed by atoms with Crippen LogP contribution in [0.1, 0.15) is 37.0 Å². The number of hydrogen-bond donors (Lipinski definition) is 1. The first-order valence-electron chi connectivity index (χ1n) is 9.83. The summed E-state index contributed by atoms with van der Waals surface area (Å²) < 4.78 is 18.9. The molecule has 0 aliphatic carbocycles. The molecule has 29 heavy (non-hydrogen) atoms. The van der Waals surface area contributed by atoms with Crippen molar-refractivity contribution in [1.29, 1.82) is 0 Å². The van der Waals surface area contributed by atoms with Gasteiger partial charge in [-0.05, 0) is 56.5 Å². The van der Waals surface area contributed by atoms with Crippen molar-refractivity contribution in [1.82, 2.24) is 10.2 Å². The molecule has 6 heteroatoms. The minimum absolute atomic E-state index is 0.184. The van der Waals surface area contributed by atoms with E-state index in [1.165, 1.54) is 17.0 Å². The standard InChI is InChI=1S/C23H29FN2O3/c1-5-12-25-23(28)18(4)26(14-19-7-9-20(24)10-8-19)22(27)15-29-21-11-6-16(2)13-17(21)3/h6-11,13,18H,5,12,14-15H2,1-4H3,(H,25,28)/t18-/m1/s1. The summed E-state index contributed by atoms with van der Waals surface area (Å²) in [6.45, 7) is 8.11. The van der Waals surface area contributed by atoms with Gasteiger partial charge in [0.1, 0.15) is 17.6 Å². The second kappa shape index (κ2) is 10.6. The third-order valence-electron chi connectivity index (χ3n) is 4.66. The lowest BCUT2D eigenvalue weighted by Gasteiger charge is -2.29. The van der Waals surface area contributed by atoms with Crippen molar-refractivity contribution >= 4 is 11.8 Å². The van der Waals surface area contributed by atoms with E-state index >= 15 is 0 Å². The third kappa shape index (κ3) is 6.59. The maximum Gasteiger partial charge on any atom is 0.261 e. The first-order chi connectivity index (χ1) is 13.8. The Morgan fingerprint density at radius 1 is 1.14 bits per heavy atom. The van der Waals surface area contributed by atoms with Crippen LogP contribution in [0.2, 0.25) is 0 Å². The molecule has 0 spiro atoms. The number of carbonyl (C=O) groups is 2. The summed E-state index contributed by atoms with van der Waals surface area (Å²) in [6, 6.07) is 11.0. The van der Waals surface area contributed by atoms with Gasteiger partial charge in [0, 0.05) is 13.1 Å². The first-order valence-corrected chi connectivity index (χ1v) is 9.83. The molecule has 5 nitrogen and oxygen atoms in total. The van der Waals surface area contributed by atoms with Crippen molar-refractivity contribution in [2.45, 2.75) is 46.7 Å². The number of nitrogens with one attached hydrogen (secondary N) is 1. The average Bonchev–Trinajstić information content (AvgIpc) is 2.70. The Morgan fingerprint density at radius 3 is 2.45 bits per heavy atom. The molecule has 1 atom stereocenters. The van der Waals surface area contributed by atoms with Crippen LogP contribution in [0.4, 0.5) is 4.39 Å². The predicted molar refractivity (Wildman–Crippen MR) is 111 cm³/mol. The van der Waals surface area contributed by atoms with Gasteiger partial charge in [-0.15, -0.1) is 0 Å². The van der Waals surface area contributed by atoms with E-state index in [1.807, 2.05) is 39.0 Å². The minimum Gasteiger partial charge on any atom is -0.483 e. The number of rotatable bonds is 9. The predicted octanol–water partition coefficient (Wildman–Crippen LogP) is 3.76. The second-order valence-corrected chi connectivity index (χ2v) is 7.17. The highest BCUT2D eigenvalue weighted by atomic mass is 19.1. The number of benzene rings is 2. The Morgan fingerprint density at radius 2 is 1.83 bits per heavy atom. The lowest BCUT2D eigenvalue weighted by atomic mass is 10.1. The van der Waals surface area contributed by atoms with Gasteiger partial charge in [0.25, 0.3) is 5.91 Å². The van der Waals surface area contributed by atoms with Crippen LogP contribution < -0.4 is 10.1 Å². The van der Waals surface area contributed by atoms with Crippen LogP contribution in [0.25, 0.3) is 0 Å².